The molecule has 26 heavy (non-hydrogen) atoms. The van der Waals surface area contributed by atoms with E-state index in [4.69, 9.17) is 0 Å². The van der Waals surface area contributed by atoms with Gasteiger partial charge in [0.05, 0.1) is 9.77 Å². The summed E-state index contributed by atoms with van der Waals surface area (Å²) in [6.45, 7) is 3.86. The number of ketones is 1. The monoisotopic (exact) mass is 385 g/mol. The Hall–Kier alpha value is -2.28. The number of rotatable bonds is 6. The Labute approximate surface area is 157 Å². The summed E-state index contributed by atoms with van der Waals surface area (Å²) >= 11 is 1.30. The second-order valence-corrected chi connectivity index (χ2v) is 8.96. The van der Waals surface area contributed by atoms with Crippen LogP contribution in [0.1, 0.15) is 31.2 Å². The molecule has 0 spiro atoms. The van der Waals surface area contributed by atoms with Gasteiger partial charge in [0.1, 0.15) is 0 Å². The lowest BCUT2D eigenvalue weighted by molar-refractivity contribution is 0.104. The molecule has 0 atom stereocenters. The minimum atomic E-state index is -3.60. The first-order valence-corrected chi connectivity index (χ1v) is 10.4. The van der Waals surface area contributed by atoms with Crippen molar-refractivity contribution in [1.82, 2.24) is 4.72 Å². The quantitative estimate of drug-likeness (QED) is 0.651. The van der Waals surface area contributed by atoms with Crippen LogP contribution < -0.4 is 4.72 Å². The lowest BCUT2D eigenvalue weighted by Gasteiger charge is -2.09. The highest BCUT2D eigenvalue weighted by Gasteiger charge is 2.17. The van der Waals surface area contributed by atoms with Crippen molar-refractivity contribution in [2.45, 2.75) is 25.3 Å². The zero-order valence-electron chi connectivity index (χ0n) is 14.5. The van der Waals surface area contributed by atoms with Crippen molar-refractivity contribution in [2.75, 3.05) is 0 Å². The van der Waals surface area contributed by atoms with Gasteiger partial charge in [0.25, 0.3) is 0 Å². The molecule has 0 saturated heterocycles. The van der Waals surface area contributed by atoms with Crippen molar-refractivity contribution < 1.29 is 13.2 Å². The molecule has 134 valence electrons. The molecule has 2 aromatic carbocycles. The van der Waals surface area contributed by atoms with Crippen molar-refractivity contribution in [1.29, 1.82) is 0 Å². The molecule has 0 amide bonds. The van der Waals surface area contributed by atoms with Gasteiger partial charge in [-0.1, -0.05) is 48.0 Å². The Morgan fingerprint density at radius 3 is 2.42 bits per heavy atom. The topological polar surface area (TPSA) is 63.2 Å². The van der Waals surface area contributed by atoms with Crippen LogP contribution in [-0.2, 0) is 16.6 Å². The van der Waals surface area contributed by atoms with E-state index in [-0.39, 0.29) is 17.2 Å². The fourth-order valence-corrected chi connectivity index (χ4v) is 4.90. The zero-order valence-corrected chi connectivity index (χ0v) is 16.2. The molecule has 4 nitrogen and oxygen atoms in total. The molecule has 0 aliphatic rings. The molecule has 1 aromatic heterocycles. The Kier molecular flexibility index (Phi) is 5.36. The summed E-state index contributed by atoms with van der Waals surface area (Å²) < 4.78 is 27.7. The van der Waals surface area contributed by atoms with Crippen LogP contribution in [-0.4, -0.2) is 14.2 Å². The number of carbonyl (C=O) groups excluding carboxylic acids is 1. The van der Waals surface area contributed by atoms with Crippen LogP contribution in [0.3, 0.4) is 0 Å². The molecule has 0 unspecified atom stereocenters. The summed E-state index contributed by atoms with van der Waals surface area (Å²) in [5.41, 5.74) is 2.35. The van der Waals surface area contributed by atoms with Gasteiger partial charge in [-0.15, -0.1) is 11.3 Å². The summed E-state index contributed by atoms with van der Waals surface area (Å²) in [4.78, 5) is 14.1. The van der Waals surface area contributed by atoms with E-state index in [2.05, 4.69) is 4.72 Å². The summed E-state index contributed by atoms with van der Waals surface area (Å²) in [7, 11) is -3.60. The van der Waals surface area contributed by atoms with E-state index in [1.165, 1.54) is 11.3 Å². The van der Waals surface area contributed by atoms with Crippen molar-refractivity contribution in [3.8, 4) is 0 Å². The molecule has 0 fully saturated rings. The third-order valence-electron chi connectivity index (χ3n) is 3.98. The average molecular weight is 386 g/mol. The first kappa shape index (κ1) is 18.5. The van der Waals surface area contributed by atoms with Crippen molar-refractivity contribution in [3.05, 3.63) is 87.1 Å². The highest BCUT2D eigenvalue weighted by molar-refractivity contribution is 7.89. The number of aryl methyl sites for hydroxylation is 2. The summed E-state index contributed by atoms with van der Waals surface area (Å²) in [5.74, 6) is -0.0564. The summed E-state index contributed by atoms with van der Waals surface area (Å²) in [6, 6.07) is 17.8. The molecular weight excluding hydrogens is 366 g/mol. The maximum absolute atomic E-state index is 12.5. The van der Waals surface area contributed by atoms with Crippen LogP contribution in [0, 0.1) is 13.8 Å². The van der Waals surface area contributed by atoms with Gasteiger partial charge < -0.3 is 0 Å². The van der Waals surface area contributed by atoms with Crippen LogP contribution in [0.15, 0.2) is 65.6 Å². The van der Waals surface area contributed by atoms with E-state index in [1.807, 2.05) is 31.2 Å². The predicted octanol–water partition coefficient (Wildman–Crippen LogP) is 4.07. The molecule has 1 heterocycles. The van der Waals surface area contributed by atoms with Crippen LogP contribution >= 0.6 is 11.3 Å². The van der Waals surface area contributed by atoms with E-state index < -0.39 is 10.0 Å². The van der Waals surface area contributed by atoms with Crippen molar-refractivity contribution in [2.24, 2.45) is 0 Å². The number of nitrogens with one attached hydrogen (secondary N) is 1. The number of benzene rings is 2. The number of sulfonamides is 1. The highest BCUT2D eigenvalue weighted by Crippen LogP contribution is 2.21. The number of thiophene rings is 1. The normalized spacial score (nSPS) is 11.5. The largest absolute Gasteiger partial charge is 0.288 e. The number of hydrogen-bond acceptors (Lipinski definition) is 4. The molecule has 0 bridgehead atoms. The molecule has 3 rings (SSSR count). The van der Waals surface area contributed by atoms with Gasteiger partial charge in [0.2, 0.25) is 15.8 Å². The van der Waals surface area contributed by atoms with E-state index in [9.17, 15) is 13.2 Å². The molecule has 0 aliphatic heterocycles. The van der Waals surface area contributed by atoms with Crippen LogP contribution in [0.4, 0.5) is 0 Å². The van der Waals surface area contributed by atoms with E-state index in [0.717, 1.165) is 10.4 Å². The molecule has 0 radical (unpaired) electrons. The second kappa shape index (κ2) is 7.53. The van der Waals surface area contributed by atoms with Crippen LogP contribution in [0.25, 0.3) is 0 Å². The molecular formula is C20H19NO3S2. The van der Waals surface area contributed by atoms with E-state index in [0.29, 0.717) is 16.0 Å². The molecule has 6 heteroatoms. The first-order chi connectivity index (χ1) is 12.4. The van der Waals surface area contributed by atoms with Gasteiger partial charge in [-0.3, -0.25) is 4.79 Å². The minimum Gasteiger partial charge on any atom is -0.288 e. The van der Waals surface area contributed by atoms with Gasteiger partial charge in [0.15, 0.2) is 0 Å². The maximum atomic E-state index is 12.5. The Morgan fingerprint density at radius 1 is 1.00 bits per heavy atom. The van der Waals surface area contributed by atoms with E-state index >= 15 is 0 Å². The minimum absolute atomic E-state index is 0.0564. The number of carbonyl (C=O) groups is 1. The fraction of sp³-hybridized carbons (Fsp3) is 0.150. The average Bonchev–Trinajstić information content (AvgIpc) is 3.09. The van der Waals surface area contributed by atoms with Crippen molar-refractivity contribution >= 4 is 27.1 Å². The molecule has 1 N–H and O–H groups in total. The third-order valence-corrected chi connectivity index (χ3v) is 6.62. The first-order valence-electron chi connectivity index (χ1n) is 8.12. The molecule has 3 aromatic rings. The lowest BCUT2D eigenvalue weighted by Crippen LogP contribution is -2.23. The Morgan fingerprint density at radius 2 is 1.73 bits per heavy atom. The van der Waals surface area contributed by atoms with Gasteiger partial charge in [0, 0.05) is 17.0 Å². The molecule has 0 saturated carbocycles. The van der Waals surface area contributed by atoms with Gasteiger partial charge in [-0.2, -0.15) is 0 Å². The number of hydrogen-bond donors (Lipinski definition) is 1. The fourth-order valence-electron chi connectivity index (χ4n) is 2.67. The lowest BCUT2D eigenvalue weighted by atomic mass is 10.1. The Bertz CT molecular complexity index is 1040. The smallest absolute Gasteiger partial charge is 0.241 e. The summed E-state index contributed by atoms with van der Waals surface area (Å²) in [5, 5.41) is 0. The zero-order chi connectivity index (χ0) is 18.7. The molecule has 0 aliphatic carbocycles. The van der Waals surface area contributed by atoms with E-state index in [1.54, 1.807) is 43.3 Å². The van der Waals surface area contributed by atoms with Crippen LogP contribution in [0.5, 0.6) is 0 Å². The summed E-state index contributed by atoms with van der Waals surface area (Å²) in [6.07, 6.45) is 0. The van der Waals surface area contributed by atoms with Gasteiger partial charge >= 0.3 is 0 Å². The standard InChI is InChI=1S/C20H19NO3S2/c1-14-8-11-19(15(2)12-14)26(23,24)21-13-17-9-10-18(25-17)20(22)16-6-4-3-5-7-16/h3-12,21H,13H2,1-2H3. The van der Waals surface area contributed by atoms with Crippen LogP contribution in [0.2, 0.25) is 0 Å². The third kappa shape index (κ3) is 4.09. The van der Waals surface area contributed by atoms with Gasteiger partial charge in [-0.05, 0) is 37.6 Å². The highest BCUT2D eigenvalue weighted by atomic mass is 32.2. The van der Waals surface area contributed by atoms with Crippen molar-refractivity contribution in [3.63, 3.8) is 0 Å². The predicted molar refractivity (Wildman–Crippen MR) is 104 cm³/mol. The Balaban J connectivity index is 1.72. The SMILES string of the molecule is Cc1ccc(S(=O)(=O)NCc2ccc(C(=O)c3ccccc3)s2)c(C)c1. The maximum Gasteiger partial charge on any atom is 0.241 e. The van der Waals surface area contributed by atoms with Gasteiger partial charge in [-0.25, -0.2) is 13.1 Å². The second-order valence-electron chi connectivity index (χ2n) is 6.05.